The van der Waals surface area contributed by atoms with Gasteiger partial charge >= 0.3 is 12.4 Å². The summed E-state index contributed by atoms with van der Waals surface area (Å²) in [5.74, 6) is -1.34. The SMILES string of the molecule is CCCc1cc(C(O)(C(F)(F)F)C(F)(F)F)ccc1OCCCCC1C(=O)NC(C)(c2ccccc2)C1=O. The molecule has 1 amide bonds. The van der Waals surface area contributed by atoms with Gasteiger partial charge in [0.15, 0.2) is 5.78 Å². The zero-order chi connectivity index (χ0) is 28.4. The highest BCUT2D eigenvalue weighted by Gasteiger charge is 2.71. The first-order valence-electron chi connectivity index (χ1n) is 12.2. The summed E-state index contributed by atoms with van der Waals surface area (Å²) in [4.78, 5) is 25.5. The fraction of sp³-hybridized carbons (Fsp3) is 0.481. The third-order valence-corrected chi connectivity index (χ3v) is 6.81. The minimum atomic E-state index is -5.97. The molecule has 2 aromatic carbocycles. The summed E-state index contributed by atoms with van der Waals surface area (Å²) in [5.41, 5.74) is -6.69. The molecule has 0 saturated carbocycles. The first kappa shape index (κ1) is 29.5. The minimum Gasteiger partial charge on any atom is -0.493 e. The monoisotopic (exact) mass is 545 g/mol. The van der Waals surface area contributed by atoms with Crippen LogP contribution in [0.25, 0.3) is 0 Å². The van der Waals surface area contributed by atoms with E-state index in [0.29, 0.717) is 37.0 Å². The van der Waals surface area contributed by atoms with Crippen LogP contribution in [-0.4, -0.2) is 35.8 Å². The molecule has 2 N–H and O–H groups in total. The van der Waals surface area contributed by atoms with E-state index in [1.165, 1.54) is 0 Å². The van der Waals surface area contributed by atoms with Gasteiger partial charge in [0, 0.05) is 5.56 Å². The molecule has 11 heteroatoms. The number of aliphatic hydroxyl groups is 1. The average molecular weight is 546 g/mol. The number of alkyl halides is 6. The summed E-state index contributed by atoms with van der Waals surface area (Å²) < 4.78 is 85.2. The Kier molecular flexibility index (Phi) is 8.50. The van der Waals surface area contributed by atoms with E-state index in [4.69, 9.17) is 4.74 Å². The molecule has 2 atom stereocenters. The molecule has 0 spiro atoms. The van der Waals surface area contributed by atoms with E-state index in [1.807, 2.05) is 0 Å². The predicted molar refractivity (Wildman–Crippen MR) is 126 cm³/mol. The van der Waals surface area contributed by atoms with Crippen LogP contribution in [0.3, 0.4) is 0 Å². The normalized spacial score (nSPS) is 20.5. The molecule has 208 valence electrons. The van der Waals surface area contributed by atoms with Crippen molar-refractivity contribution in [1.82, 2.24) is 5.32 Å². The molecular formula is C27H29F6NO4. The average Bonchev–Trinajstić information content (AvgIpc) is 3.07. The Morgan fingerprint density at radius 3 is 2.18 bits per heavy atom. The van der Waals surface area contributed by atoms with Crippen molar-refractivity contribution < 1.29 is 45.8 Å². The fourth-order valence-corrected chi connectivity index (χ4v) is 4.64. The van der Waals surface area contributed by atoms with Gasteiger partial charge in [-0.2, -0.15) is 26.3 Å². The summed E-state index contributed by atoms with van der Waals surface area (Å²) >= 11 is 0. The molecule has 0 aliphatic carbocycles. The van der Waals surface area contributed by atoms with Gasteiger partial charge in [0.25, 0.3) is 5.60 Å². The van der Waals surface area contributed by atoms with E-state index < -0.39 is 35.0 Å². The summed E-state index contributed by atoms with van der Waals surface area (Å²) in [6, 6.07) is 11.1. The van der Waals surface area contributed by atoms with E-state index in [-0.39, 0.29) is 42.5 Å². The zero-order valence-electron chi connectivity index (χ0n) is 20.9. The Bertz CT molecular complexity index is 1130. The Morgan fingerprint density at radius 2 is 1.61 bits per heavy atom. The first-order chi connectivity index (χ1) is 17.7. The summed E-state index contributed by atoms with van der Waals surface area (Å²) in [6.07, 6.45) is -10.3. The number of benzene rings is 2. The van der Waals surface area contributed by atoms with Gasteiger partial charge in [-0.15, -0.1) is 0 Å². The molecule has 0 aromatic heterocycles. The van der Waals surface area contributed by atoms with Crippen LogP contribution in [0.15, 0.2) is 48.5 Å². The second-order valence-corrected chi connectivity index (χ2v) is 9.52. The van der Waals surface area contributed by atoms with Crippen LogP contribution in [-0.2, 0) is 27.1 Å². The number of rotatable bonds is 10. The quantitative estimate of drug-likeness (QED) is 0.227. The fourth-order valence-electron chi connectivity index (χ4n) is 4.64. The number of Topliss-reactive ketones (excluding diaryl/α,β-unsaturated/α-hetero) is 1. The van der Waals surface area contributed by atoms with E-state index in [0.717, 1.165) is 6.07 Å². The van der Waals surface area contributed by atoms with Crippen molar-refractivity contribution >= 4 is 11.7 Å². The van der Waals surface area contributed by atoms with Crippen molar-refractivity contribution in [3.05, 3.63) is 65.2 Å². The number of hydrogen-bond acceptors (Lipinski definition) is 4. The van der Waals surface area contributed by atoms with Crippen LogP contribution in [0.1, 0.15) is 56.2 Å². The molecular weight excluding hydrogens is 516 g/mol. The Morgan fingerprint density at radius 1 is 0.974 bits per heavy atom. The largest absolute Gasteiger partial charge is 0.493 e. The lowest BCUT2D eigenvalue weighted by Crippen LogP contribution is -2.53. The molecule has 5 nitrogen and oxygen atoms in total. The summed E-state index contributed by atoms with van der Waals surface area (Å²) in [6.45, 7) is 3.42. The molecule has 1 saturated heterocycles. The van der Waals surface area contributed by atoms with Crippen LogP contribution in [0, 0.1) is 5.92 Å². The molecule has 1 aliphatic heterocycles. The van der Waals surface area contributed by atoms with E-state index in [1.54, 1.807) is 44.2 Å². The van der Waals surface area contributed by atoms with Crippen molar-refractivity contribution in [3.63, 3.8) is 0 Å². The van der Waals surface area contributed by atoms with Crippen molar-refractivity contribution in [3.8, 4) is 5.75 Å². The van der Waals surface area contributed by atoms with Crippen molar-refractivity contribution in [1.29, 1.82) is 0 Å². The van der Waals surface area contributed by atoms with Crippen LogP contribution in [0.4, 0.5) is 26.3 Å². The molecule has 0 bridgehead atoms. The zero-order valence-corrected chi connectivity index (χ0v) is 20.9. The van der Waals surface area contributed by atoms with Gasteiger partial charge in [-0.3, -0.25) is 9.59 Å². The van der Waals surface area contributed by atoms with Gasteiger partial charge in [0.2, 0.25) is 5.91 Å². The van der Waals surface area contributed by atoms with E-state index >= 15 is 0 Å². The Balaban J connectivity index is 1.64. The number of ether oxygens (including phenoxy) is 1. The topological polar surface area (TPSA) is 75.6 Å². The molecule has 2 unspecified atom stereocenters. The van der Waals surface area contributed by atoms with Gasteiger partial charge in [-0.25, -0.2) is 0 Å². The lowest BCUT2D eigenvalue weighted by Gasteiger charge is -2.33. The third kappa shape index (κ3) is 5.52. The highest BCUT2D eigenvalue weighted by Crippen LogP contribution is 2.50. The number of unbranched alkanes of at least 4 members (excludes halogenated alkanes) is 1. The number of amides is 1. The molecule has 1 fully saturated rings. The molecule has 2 aromatic rings. The molecule has 3 rings (SSSR count). The van der Waals surface area contributed by atoms with Gasteiger partial charge in [-0.05, 0) is 55.9 Å². The maximum Gasteiger partial charge on any atom is 0.430 e. The van der Waals surface area contributed by atoms with Crippen molar-refractivity contribution in [2.45, 2.75) is 69.4 Å². The first-order valence-corrected chi connectivity index (χ1v) is 12.2. The number of carbonyl (C=O) groups excluding carboxylic acids is 2. The molecule has 38 heavy (non-hydrogen) atoms. The Labute approximate surface area is 216 Å². The number of ketones is 1. The number of carbonyl (C=O) groups is 2. The van der Waals surface area contributed by atoms with E-state index in [9.17, 15) is 41.0 Å². The number of halogens is 6. The van der Waals surface area contributed by atoms with Crippen LogP contribution < -0.4 is 10.1 Å². The smallest absolute Gasteiger partial charge is 0.430 e. The van der Waals surface area contributed by atoms with Gasteiger partial charge in [0.1, 0.15) is 11.3 Å². The van der Waals surface area contributed by atoms with Gasteiger partial charge < -0.3 is 15.2 Å². The Hall–Kier alpha value is -3.08. The maximum atomic E-state index is 13.3. The predicted octanol–water partition coefficient (Wildman–Crippen LogP) is 5.73. The van der Waals surface area contributed by atoms with Gasteiger partial charge in [0.05, 0.1) is 12.5 Å². The maximum absolute atomic E-state index is 13.3. The molecule has 1 heterocycles. The minimum absolute atomic E-state index is 0.0668. The molecule has 1 aliphatic rings. The number of nitrogens with one attached hydrogen (secondary N) is 1. The van der Waals surface area contributed by atoms with E-state index in [2.05, 4.69) is 5.32 Å². The second kappa shape index (κ2) is 11.0. The third-order valence-electron chi connectivity index (χ3n) is 6.81. The lowest BCUT2D eigenvalue weighted by molar-refractivity contribution is -0.376. The van der Waals surface area contributed by atoms with Crippen molar-refractivity contribution in [2.75, 3.05) is 6.61 Å². The van der Waals surface area contributed by atoms with Crippen molar-refractivity contribution in [2.24, 2.45) is 5.92 Å². The van der Waals surface area contributed by atoms with Crippen LogP contribution in [0.2, 0.25) is 0 Å². The second-order valence-electron chi connectivity index (χ2n) is 9.52. The van der Waals surface area contributed by atoms with Gasteiger partial charge in [-0.1, -0.05) is 49.7 Å². The summed E-state index contributed by atoms with van der Waals surface area (Å²) in [7, 11) is 0. The summed E-state index contributed by atoms with van der Waals surface area (Å²) in [5, 5.41) is 12.5. The lowest BCUT2D eigenvalue weighted by atomic mass is 9.84. The molecule has 0 radical (unpaired) electrons. The standard InChI is InChI=1S/C27H29F6NO4/c1-3-9-17-16-19(25(37,26(28,29)30)27(31,32)33)13-14-21(17)38-15-8-7-12-20-22(35)24(2,34-23(20)36)18-10-5-4-6-11-18/h4-6,10-11,13-14,16,20,37H,3,7-9,12,15H2,1-2H3,(H,34,36). The number of hydrogen-bond donors (Lipinski definition) is 2. The highest BCUT2D eigenvalue weighted by atomic mass is 19.4. The van der Waals surface area contributed by atoms with Crippen LogP contribution >= 0.6 is 0 Å². The van der Waals surface area contributed by atoms with Crippen LogP contribution in [0.5, 0.6) is 5.75 Å². The number of aryl methyl sites for hydroxylation is 1. The highest BCUT2D eigenvalue weighted by molar-refractivity contribution is 6.12.